The van der Waals surface area contributed by atoms with Gasteiger partial charge in [-0.15, -0.1) is 0 Å². The Kier molecular flexibility index (Phi) is 3.78. The standard InChI is InChI=1S/C19H20O2/c1-13(2)11-14-3-5-15(6-4-14)19(20)17-7-8-18-16(12-17)9-10-21-18/h3-8,12-13H,9-11H2,1-2H3. The van der Waals surface area contributed by atoms with Crippen LogP contribution in [0.5, 0.6) is 5.75 Å². The molecule has 0 aromatic heterocycles. The summed E-state index contributed by atoms with van der Waals surface area (Å²) in [4.78, 5) is 12.5. The minimum Gasteiger partial charge on any atom is -0.493 e. The van der Waals surface area contributed by atoms with Gasteiger partial charge in [-0.05, 0) is 41.7 Å². The summed E-state index contributed by atoms with van der Waals surface area (Å²) in [5, 5.41) is 0. The van der Waals surface area contributed by atoms with Crippen molar-refractivity contribution in [3.05, 3.63) is 64.7 Å². The van der Waals surface area contributed by atoms with Gasteiger partial charge in [0.2, 0.25) is 0 Å². The van der Waals surface area contributed by atoms with Crippen LogP contribution in [0.25, 0.3) is 0 Å². The third-order valence-corrected chi connectivity index (χ3v) is 3.81. The first-order valence-corrected chi connectivity index (χ1v) is 7.53. The lowest BCUT2D eigenvalue weighted by atomic mass is 9.97. The van der Waals surface area contributed by atoms with E-state index in [-0.39, 0.29) is 5.78 Å². The van der Waals surface area contributed by atoms with Crippen molar-refractivity contribution in [1.82, 2.24) is 0 Å². The smallest absolute Gasteiger partial charge is 0.193 e. The van der Waals surface area contributed by atoms with Gasteiger partial charge in [-0.3, -0.25) is 4.79 Å². The van der Waals surface area contributed by atoms with E-state index in [1.807, 2.05) is 30.3 Å². The Morgan fingerprint density at radius 1 is 1.10 bits per heavy atom. The van der Waals surface area contributed by atoms with Crippen LogP contribution in [-0.2, 0) is 12.8 Å². The van der Waals surface area contributed by atoms with Crippen LogP contribution in [0, 0.1) is 5.92 Å². The van der Waals surface area contributed by atoms with E-state index in [9.17, 15) is 4.79 Å². The van der Waals surface area contributed by atoms with Gasteiger partial charge in [0.15, 0.2) is 5.78 Å². The topological polar surface area (TPSA) is 26.3 Å². The fourth-order valence-electron chi connectivity index (χ4n) is 2.76. The van der Waals surface area contributed by atoms with E-state index in [2.05, 4.69) is 26.0 Å². The predicted octanol–water partition coefficient (Wildman–Crippen LogP) is 4.05. The zero-order chi connectivity index (χ0) is 14.8. The molecule has 0 atom stereocenters. The molecule has 2 heteroatoms. The highest BCUT2D eigenvalue weighted by Gasteiger charge is 2.16. The number of ether oxygens (including phenoxy) is 1. The van der Waals surface area contributed by atoms with Gasteiger partial charge in [0.25, 0.3) is 0 Å². The summed E-state index contributed by atoms with van der Waals surface area (Å²) in [7, 11) is 0. The Hall–Kier alpha value is -2.09. The molecule has 1 heterocycles. The van der Waals surface area contributed by atoms with Crippen LogP contribution in [0.1, 0.15) is 40.9 Å². The first-order chi connectivity index (χ1) is 10.1. The lowest BCUT2D eigenvalue weighted by molar-refractivity contribution is 0.103. The van der Waals surface area contributed by atoms with E-state index in [1.165, 1.54) is 5.56 Å². The molecule has 3 rings (SSSR count). The van der Waals surface area contributed by atoms with Gasteiger partial charge in [0.1, 0.15) is 5.75 Å². The molecular formula is C19H20O2. The van der Waals surface area contributed by atoms with E-state index in [1.54, 1.807) is 0 Å². The maximum Gasteiger partial charge on any atom is 0.193 e. The molecule has 0 amide bonds. The van der Waals surface area contributed by atoms with Crippen LogP contribution in [-0.4, -0.2) is 12.4 Å². The maximum absolute atomic E-state index is 12.5. The quantitative estimate of drug-likeness (QED) is 0.790. The van der Waals surface area contributed by atoms with Gasteiger partial charge in [0, 0.05) is 17.5 Å². The van der Waals surface area contributed by atoms with Crippen molar-refractivity contribution in [3.63, 3.8) is 0 Å². The summed E-state index contributed by atoms with van der Waals surface area (Å²) >= 11 is 0. The molecule has 0 radical (unpaired) electrons. The van der Waals surface area contributed by atoms with Crippen LogP contribution < -0.4 is 4.74 Å². The van der Waals surface area contributed by atoms with E-state index >= 15 is 0 Å². The molecule has 0 saturated heterocycles. The fraction of sp³-hybridized carbons (Fsp3) is 0.316. The summed E-state index contributed by atoms with van der Waals surface area (Å²) in [6, 6.07) is 13.7. The first-order valence-electron chi connectivity index (χ1n) is 7.53. The zero-order valence-electron chi connectivity index (χ0n) is 12.6. The molecule has 2 aromatic rings. The number of ketones is 1. The average Bonchev–Trinajstić information content (AvgIpc) is 2.94. The van der Waals surface area contributed by atoms with Crippen molar-refractivity contribution in [1.29, 1.82) is 0 Å². The molecule has 2 nitrogen and oxygen atoms in total. The number of hydrogen-bond donors (Lipinski definition) is 0. The van der Waals surface area contributed by atoms with Gasteiger partial charge in [-0.25, -0.2) is 0 Å². The summed E-state index contributed by atoms with van der Waals surface area (Å²) < 4.78 is 5.48. The average molecular weight is 280 g/mol. The van der Waals surface area contributed by atoms with Crippen LogP contribution in [0.2, 0.25) is 0 Å². The lowest BCUT2D eigenvalue weighted by Gasteiger charge is -2.07. The summed E-state index contributed by atoms with van der Waals surface area (Å²) in [6.45, 7) is 5.12. The van der Waals surface area contributed by atoms with Crippen molar-refractivity contribution in [2.45, 2.75) is 26.7 Å². The molecule has 0 unspecified atom stereocenters. The van der Waals surface area contributed by atoms with Crippen LogP contribution in [0.3, 0.4) is 0 Å². The van der Waals surface area contributed by atoms with Gasteiger partial charge >= 0.3 is 0 Å². The van der Waals surface area contributed by atoms with Crippen LogP contribution >= 0.6 is 0 Å². The molecule has 0 aliphatic carbocycles. The van der Waals surface area contributed by atoms with Crippen LogP contribution in [0.15, 0.2) is 42.5 Å². The molecule has 21 heavy (non-hydrogen) atoms. The molecule has 0 bridgehead atoms. The highest BCUT2D eigenvalue weighted by atomic mass is 16.5. The highest BCUT2D eigenvalue weighted by Crippen LogP contribution is 2.26. The summed E-state index contributed by atoms with van der Waals surface area (Å²) in [5.41, 5.74) is 3.92. The third kappa shape index (κ3) is 2.99. The molecule has 108 valence electrons. The van der Waals surface area contributed by atoms with Gasteiger partial charge in [-0.1, -0.05) is 38.1 Å². The predicted molar refractivity (Wildman–Crippen MR) is 84.1 cm³/mol. The molecule has 1 aliphatic heterocycles. The summed E-state index contributed by atoms with van der Waals surface area (Å²) in [5.74, 6) is 1.63. The maximum atomic E-state index is 12.5. The van der Waals surface area contributed by atoms with E-state index < -0.39 is 0 Å². The van der Waals surface area contributed by atoms with Crippen molar-refractivity contribution in [2.24, 2.45) is 5.92 Å². The Labute approximate surface area is 125 Å². The van der Waals surface area contributed by atoms with E-state index in [4.69, 9.17) is 4.74 Å². The fourth-order valence-corrected chi connectivity index (χ4v) is 2.76. The van der Waals surface area contributed by atoms with Gasteiger partial charge < -0.3 is 4.74 Å². The first kappa shape index (κ1) is 13.9. The Balaban J connectivity index is 1.81. The largest absolute Gasteiger partial charge is 0.493 e. The monoisotopic (exact) mass is 280 g/mol. The number of carbonyl (C=O) groups excluding carboxylic acids is 1. The normalized spacial score (nSPS) is 13.1. The molecule has 1 aliphatic rings. The lowest BCUT2D eigenvalue weighted by Crippen LogP contribution is -2.02. The van der Waals surface area contributed by atoms with Crippen LogP contribution in [0.4, 0.5) is 0 Å². The number of benzene rings is 2. The number of carbonyl (C=O) groups is 1. The zero-order valence-corrected chi connectivity index (χ0v) is 12.6. The van der Waals surface area contributed by atoms with Gasteiger partial charge in [-0.2, -0.15) is 0 Å². The SMILES string of the molecule is CC(C)Cc1ccc(C(=O)c2ccc3c(c2)CCO3)cc1. The third-order valence-electron chi connectivity index (χ3n) is 3.81. The molecule has 0 fully saturated rings. The molecule has 0 N–H and O–H groups in total. The van der Waals surface area contributed by atoms with Crippen molar-refractivity contribution in [3.8, 4) is 5.75 Å². The summed E-state index contributed by atoms with van der Waals surface area (Å²) in [6.07, 6.45) is 1.94. The number of rotatable bonds is 4. The number of fused-ring (bicyclic) bond motifs is 1. The molecular weight excluding hydrogens is 260 g/mol. The molecule has 0 saturated carbocycles. The minimum absolute atomic E-state index is 0.0841. The number of hydrogen-bond acceptors (Lipinski definition) is 2. The minimum atomic E-state index is 0.0841. The second kappa shape index (κ2) is 5.72. The van der Waals surface area contributed by atoms with Crippen molar-refractivity contribution >= 4 is 5.78 Å². The van der Waals surface area contributed by atoms with Crippen molar-refractivity contribution in [2.75, 3.05) is 6.61 Å². The van der Waals surface area contributed by atoms with Gasteiger partial charge in [0.05, 0.1) is 6.61 Å². The second-order valence-electron chi connectivity index (χ2n) is 6.04. The van der Waals surface area contributed by atoms with E-state index in [0.717, 1.165) is 41.9 Å². The molecule has 2 aromatic carbocycles. The Morgan fingerprint density at radius 2 is 1.81 bits per heavy atom. The van der Waals surface area contributed by atoms with E-state index in [0.29, 0.717) is 5.92 Å². The second-order valence-corrected chi connectivity index (χ2v) is 6.04. The Bertz CT molecular complexity index is 654. The highest BCUT2D eigenvalue weighted by molar-refractivity contribution is 6.09. The molecule has 0 spiro atoms. The Morgan fingerprint density at radius 3 is 2.52 bits per heavy atom. The van der Waals surface area contributed by atoms with Crippen molar-refractivity contribution < 1.29 is 9.53 Å².